The van der Waals surface area contributed by atoms with Crippen LogP contribution in [0.15, 0.2) is 89.8 Å². The van der Waals surface area contributed by atoms with Gasteiger partial charge in [0.1, 0.15) is 12.6 Å². The monoisotopic (exact) mass is 507 g/mol. The molecule has 0 saturated heterocycles. The molecular formula is C28H33N3O4S. The molecule has 0 aliphatic rings. The van der Waals surface area contributed by atoms with E-state index in [4.69, 9.17) is 0 Å². The first-order chi connectivity index (χ1) is 17.1. The minimum atomic E-state index is -4.04. The first kappa shape index (κ1) is 26.9. The fourth-order valence-corrected chi connectivity index (χ4v) is 5.16. The van der Waals surface area contributed by atoms with E-state index in [9.17, 15) is 18.0 Å². The fraction of sp³-hybridized carbons (Fsp3) is 0.286. The second-order valence-electron chi connectivity index (χ2n) is 9.01. The van der Waals surface area contributed by atoms with Crippen molar-refractivity contribution in [2.45, 2.75) is 51.2 Å². The number of para-hydroxylation sites is 1. The number of nitrogens with zero attached hydrogens (tertiary/aromatic N) is 2. The van der Waals surface area contributed by atoms with Gasteiger partial charge in [-0.1, -0.05) is 66.2 Å². The fourth-order valence-electron chi connectivity index (χ4n) is 3.72. The van der Waals surface area contributed by atoms with E-state index in [1.807, 2.05) is 45.0 Å². The minimum Gasteiger partial charge on any atom is -0.352 e. The van der Waals surface area contributed by atoms with Crippen molar-refractivity contribution < 1.29 is 18.0 Å². The first-order valence-corrected chi connectivity index (χ1v) is 13.3. The van der Waals surface area contributed by atoms with Gasteiger partial charge in [0, 0.05) is 12.6 Å². The van der Waals surface area contributed by atoms with E-state index in [0.717, 1.165) is 15.4 Å². The van der Waals surface area contributed by atoms with Crippen molar-refractivity contribution in [3.8, 4) is 0 Å². The lowest BCUT2D eigenvalue weighted by Gasteiger charge is -2.32. The van der Waals surface area contributed by atoms with E-state index in [2.05, 4.69) is 5.32 Å². The van der Waals surface area contributed by atoms with E-state index >= 15 is 0 Å². The van der Waals surface area contributed by atoms with Gasteiger partial charge in [-0.25, -0.2) is 8.42 Å². The average Bonchev–Trinajstić information content (AvgIpc) is 2.87. The highest BCUT2D eigenvalue weighted by atomic mass is 32.2. The Hall–Kier alpha value is -3.65. The van der Waals surface area contributed by atoms with Crippen molar-refractivity contribution in [3.05, 3.63) is 96.1 Å². The number of aryl methyl sites for hydroxylation is 1. The van der Waals surface area contributed by atoms with Crippen molar-refractivity contribution in [1.29, 1.82) is 0 Å². The lowest BCUT2D eigenvalue weighted by Crippen LogP contribution is -2.52. The summed E-state index contributed by atoms with van der Waals surface area (Å²) in [7, 11) is -4.04. The molecule has 0 radical (unpaired) electrons. The Balaban J connectivity index is 1.98. The number of nitrogens with one attached hydrogen (secondary N) is 1. The summed E-state index contributed by atoms with van der Waals surface area (Å²) in [6, 6.07) is 23.3. The number of rotatable bonds is 10. The van der Waals surface area contributed by atoms with Crippen LogP contribution in [0.4, 0.5) is 5.69 Å². The largest absolute Gasteiger partial charge is 0.352 e. The summed E-state index contributed by atoms with van der Waals surface area (Å²) in [6.45, 7) is 7.03. The number of carbonyl (C=O) groups is 2. The van der Waals surface area contributed by atoms with Crippen LogP contribution in [0.25, 0.3) is 0 Å². The minimum absolute atomic E-state index is 0.0809. The van der Waals surface area contributed by atoms with Gasteiger partial charge in [0.25, 0.3) is 10.0 Å². The van der Waals surface area contributed by atoms with Gasteiger partial charge in [0.05, 0.1) is 10.6 Å². The average molecular weight is 508 g/mol. The standard InChI is InChI=1S/C28H33N3O4S/c1-21(2)29-28(33)23(4)30(19-24-17-15-22(3)16-18-24)27(32)20-31(25-11-7-5-8-12-25)36(34,35)26-13-9-6-10-14-26/h5-18,21,23H,19-20H2,1-4H3,(H,29,33)/t23-/m1/s1. The lowest BCUT2D eigenvalue weighted by atomic mass is 10.1. The molecule has 0 aromatic heterocycles. The molecule has 0 bridgehead atoms. The second kappa shape index (κ2) is 11.9. The molecular weight excluding hydrogens is 474 g/mol. The zero-order valence-electron chi connectivity index (χ0n) is 21.1. The van der Waals surface area contributed by atoms with Crippen molar-refractivity contribution in [1.82, 2.24) is 10.2 Å². The highest BCUT2D eigenvalue weighted by molar-refractivity contribution is 7.92. The Morgan fingerprint density at radius 3 is 1.94 bits per heavy atom. The first-order valence-electron chi connectivity index (χ1n) is 11.9. The van der Waals surface area contributed by atoms with Crippen LogP contribution in [0.5, 0.6) is 0 Å². The number of hydrogen-bond donors (Lipinski definition) is 1. The number of anilines is 1. The third-order valence-electron chi connectivity index (χ3n) is 5.73. The molecule has 190 valence electrons. The van der Waals surface area contributed by atoms with Crippen LogP contribution in [-0.2, 0) is 26.2 Å². The highest BCUT2D eigenvalue weighted by Crippen LogP contribution is 2.24. The van der Waals surface area contributed by atoms with Crippen LogP contribution in [0, 0.1) is 6.92 Å². The molecule has 0 aliphatic carbocycles. The van der Waals surface area contributed by atoms with E-state index in [-0.39, 0.29) is 23.4 Å². The second-order valence-corrected chi connectivity index (χ2v) is 10.9. The van der Waals surface area contributed by atoms with Crippen LogP contribution < -0.4 is 9.62 Å². The molecule has 2 amide bonds. The molecule has 0 spiro atoms. The topological polar surface area (TPSA) is 86.8 Å². The van der Waals surface area contributed by atoms with Crippen molar-refractivity contribution >= 4 is 27.5 Å². The van der Waals surface area contributed by atoms with E-state index in [1.165, 1.54) is 17.0 Å². The van der Waals surface area contributed by atoms with Crippen LogP contribution in [0.3, 0.4) is 0 Å². The predicted octanol–water partition coefficient (Wildman–Crippen LogP) is 4.13. The molecule has 3 aromatic carbocycles. The molecule has 0 heterocycles. The number of amides is 2. The summed E-state index contributed by atoms with van der Waals surface area (Å²) in [5, 5.41) is 2.85. The molecule has 0 fully saturated rings. The Morgan fingerprint density at radius 1 is 0.833 bits per heavy atom. The molecule has 3 aromatic rings. The van der Waals surface area contributed by atoms with E-state index < -0.39 is 28.5 Å². The Labute approximate surface area is 213 Å². The summed E-state index contributed by atoms with van der Waals surface area (Å²) < 4.78 is 28.3. The number of benzene rings is 3. The molecule has 1 N–H and O–H groups in total. The van der Waals surface area contributed by atoms with Gasteiger partial charge in [0.2, 0.25) is 11.8 Å². The molecule has 7 nitrogen and oxygen atoms in total. The lowest BCUT2D eigenvalue weighted by molar-refractivity contribution is -0.139. The number of hydrogen-bond acceptors (Lipinski definition) is 4. The summed E-state index contributed by atoms with van der Waals surface area (Å²) >= 11 is 0. The van der Waals surface area contributed by atoms with Crippen molar-refractivity contribution in [2.75, 3.05) is 10.8 Å². The Bertz CT molecular complexity index is 1260. The maximum absolute atomic E-state index is 13.7. The summed E-state index contributed by atoms with van der Waals surface area (Å²) in [5.74, 6) is -0.784. The Kier molecular flexibility index (Phi) is 8.88. The van der Waals surface area contributed by atoms with Gasteiger partial charge in [0.15, 0.2) is 0 Å². The summed E-state index contributed by atoms with van der Waals surface area (Å²) in [5.41, 5.74) is 2.28. The van der Waals surface area contributed by atoms with Crippen LogP contribution in [0.2, 0.25) is 0 Å². The number of carbonyl (C=O) groups excluding carboxylic acids is 2. The molecule has 36 heavy (non-hydrogen) atoms. The maximum atomic E-state index is 13.7. The van der Waals surface area contributed by atoms with Gasteiger partial charge >= 0.3 is 0 Å². The van der Waals surface area contributed by atoms with Gasteiger partial charge in [-0.3, -0.25) is 13.9 Å². The molecule has 1 atom stereocenters. The molecule has 0 saturated carbocycles. The number of sulfonamides is 1. The SMILES string of the molecule is Cc1ccc(CN(C(=O)CN(c2ccccc2)S(=O)(=O)c2ccccc2)[C@H](C)C(=O)NC(C)C)cc1. The molecule has 8 heteroatoms. The van der Waals surface area contributed by atoms with Crippen molar-refractivity contribution in [3.63, 3.8) is 0 Å². The predicted molar refractivity (Wildman–Crippen MR) is 142 cm³/mol. The molecule has 0 aliphatic heterocycles. The normalized spacial score (nSPS) is 12.1. The quantitative estimate of drug-likeness (QED) is 0.447. The van der Waals surface area contributed by atoms with Crippen molar-refractivity contribution in [2.24, 2.45) is 0 Å². The molecule has 0 unspecified atom stereocenters. The van der Waals surface area contributed by atoms with Gasteiger partial charge in [-0.05, 0) is 57.5 Å². The van der Waals surface area contributed by atoms with Gasteiger partial charge in [-0.2, -0.15) is 0 Å². The zero-order valence-corrected chi connectivity index (χ0v) is 21.9. The molecule has 3 rings (SSSR count). The smallest absolute Gasteiger partial charge is 0.264 e. The Morgan fingerprint density at radius 2 is 1.39 bits per heavy atom. The van der Waals surface area contributed by atoms with E-state index in [0.29, 0.717) is 5.69 Å². The third-order valence-corrected chi connectivity index (χ3v) is 7.51. The van der Waals surface area contributed by atoms with E-state index in [1.54, 1.807) is 55.5 Å². The third kappa shape index (κ3) is 6.73. The van der Waals surface area contributed by atoms with Crippen LogP contribution in [-0.4, -0.2) is 43.8 Å². The maximum Gasteiger partial charge on any atom is 0.264 e. The summed E-state index contributed by atoms with van der Waals surface area (Å²) in [6.07, 6.45) is 0. The van der Waals surface area contributed by atoms with Crippen LogP contribution >= 0.6 is 0 Å². The van der Waals surface area contributed by atoms with Crippen LogP contribution in [0.1, 0.15) is 31.9 Å². The van der Waals surface area contributed by atoms with Gasteiger partial charge in [-0.15, -0.1) is 0 Å². The summed E-state index contributed by atoms with van der Waals surface area (Å²) in [4.78, 5) is 28.1. The zero-order chi connectivity index (χ0) is 26.3. The highest BCUT2D eigenvalue weighted by Gasteiger charge is 2.32. The van der Waals surface area contributed by atoms with Gasteiger partial charge < -0.3 is 10.2 Å².